The Morgan fingerprint density at radius 3 is 2.31 bits per heavy atom. The molecule has 2 aromatic carbocycles. The number of rotatable bonds is 8. The fourth-order valence-electron chi connectivity index (χ4n) is 4.66. The number of carbonyl (C=O) groups excluding carboxylic acids is 2. The van der Waals surface area contributed by atoms with Crippen LogP contribution in [0.1, 0.15) is 51.0 Å². The molecule has 2 aliphatic carbocycles. The molecule has 2 amide bonds. The predicted octanol–water partition coefficient (Wildman–Crippen LogP) is 4.16. The van der Waals surface area contributed by atoms with Gasteiger partial charge in [-0.2, -0.15) is 0 Å². The lowest BCUT2D eigenvalue weighted by atomic mass is 9.79. The molecule has 0 saturated heterocycles. The molecule has 180 valence electrons. The Labute approximate surface area is 206 Å². The lowest BCUT2D eigenvalue weighted by Crippen LogP contribution is -2.47. The second kappa shape index (κ2) is 9.87. The molecular formula is C26H25N3O5S. The molecule has 0 aliphatic heterocycles. The molecule has 3 aromatic rings. The van der Waals surface area contributed by atoms with Crippen molar-refractivity contribution in [1.29, 1.82) is 0 Å². The van der Waals surface area contributed by atoms with Gasteiger partial charge in [0.1, 0.15) is 22.5 Å². The summed E-state index contributed by atoms with van der Waals surface area (Å²) in [6.45, 7) is 0.322. The van der Waals surface area contributed by atoms with Gasteiger partial charge < -0.3 is 20.5 Å². The van der Waals surface area contributed by atoms with E-state index in [1.807, 2.05) is 24.3 Å². The third-order valence-corrected chi connectivity index (χ3v) is 7.67. The van der Waals surface area contributed by atoms with Crippen molar-refractivity contribution in [2.45, 2.75) is 37.8 Å². The standard InChI is InChI=1S/C26H25N3O5S/c30-24(29-23(25(31)32)15-6-5-7-15)21-12-27-22(35-21)13-28-26(33)34-14-20-18-10-3-1-8-16(18)17-9-2-4-11-19(17)20/h1-4,8-12,15,20,23H,5-7,13-14H2,(H,28,33)(H,29,30)(H,31,32). The zero-order valence-electron chi connectivity index (χ0n) is 18.9. The van der Waals surface area contributed by atoms with E-state index < -0.39 is 24.0 Å². The van der Waals surface area contributed by atoms with Crippen LogP contribution in [-0.4, -0.2) is 40.7 Å². The molecule has 9 heteroatoms. The van der Waals surface area contributed by atoms with Crippen molar-refractivity contribution in [2.24, 2.45) is 5.92 Å². The highest BCUT2D eigenvalue weighted by Gasteiger charge is 2.34. The lowest BCUT2D eigenvalue weighted by Gasteiger charge is -2.31. The van der Waals surface area contributed by atoms with Crippen LogP contribution in [0.5, 0.6) is 0 Å². The predicted molar refractivity (Wildman–Crippen MR) is 130 cm³/mol. The van der Waals surface area contributed by atoms with Crippen LogP contribution in [0, 0.1) is 5.92 Å². The molecule has 0 bridgehead atoms. The maximum Gasteiger partial charge on any atom is 0.407 e. The first kappa shape index (κ1) is 23.0. The van der Waals surface area contributed by atoms with Crippen molar-refractivity contribution in [3.05, 3.63) is 75.7 Å². The fourth-order valence-corrected chi connectivity index (χ4v) is 5.42. The Balaban J connectivity index is 1.14. The summed E-state index contributed by atoms with van der Waals surface area (Å²) < 4.78 is 5.52. The van der Waals surface area contributed by atoms with Gasteiger partial charge in [0.2, 0.25) is 0 Å². The summed E-state index contributed by atoms with van der Waals surface area (Å²) in [4.78, 5) is 40.8. The van der Waals surface area contributed by atoms with E-state index in [9.17, 15) is 19.5 Å². The van der Waals surface area contributed by atoms with Gasteiger partial charge in [-0.1, -0.05) is 55.0 Å². The zero-order valence-corrected chi connectivity index (χ0v) is 19.7. The number of thiazole rings is 1. The number of aliphatic carboxylic acids is 1. The first-order valence-corrected chi connectivity index (χ1v) is 12.4. The van der Waals surface area contributed by atoms with Crippen molar-refractivity contribution in [3.8, 4) is 11.1 Å². The third kappa shape index (κ3) is 4.77. The lowest BCUT2D eigenvalue weighted by molar-refractivity contribution is -0.141. The number of carbonyl (C=O) groups is 3. The molecule has 2 aliphatic rings. The first-order valence-electron chi connectivity index (χ1n) is 11.6. The Kier molecular flexibility index (Phi) is 6.50. The van der Waals surface area contributed by atoms with Gasteiger partial charge in [0.05, 0.1) is 12.7 Å². The minimum absolute atomic E-state index is 0.0267. The highest BCUT2D eigenvalue weighted by atomic mass is 32.1. The Morgan fingerprint density at radius 2 is 1.71 bits per heavy atom. The van der Waals surface area contributed by atoms with Gasteiger partial charge in [-0.3, -0.25) is 4.79 Å². The Bertz CT molecular complexity index is 1220. The van der Waals surface area contributed by atoms with Crippen molar-refractivity contribution in [1.82, 2.24) is 15.6 Å². The van der Waals surface area contributed by atoms with Crippen LogP contribution in [-0.2, 0) is 16.1 Å². The first-order chi connectivity index (χ1) is 17.0. The van der Waals surface area contributed by atoms with Crippen molar-refractivity contribution in [2.75, 3.05) is 6.61 Å². The molecule has 1 saturated carbocycles. The van der Waals surface area contributed by atoms with Crippen LogP contribution in [0.15, 0.2) is 54.7 Å². The number of aromatic nitrogens is 1. The number of nitrogens with zero attached hydrogens (tertiary/aromatic N) is 1. The highest BCUT2D eigenvalue weighted by molar-refractivity contribution is 7.13. The van der Waals surface area contributed by atoms with Crippen LogP contribution in [0.4, 0.5) is 4.79 Å². The van der Waals surface area contributed by atoms with Gasteiger partial charge in [-0.15, -0.1) is 11.3 Å². The number of hydrogen-bond donors (Lipinski definition) is 3. The number of amides is 2. The number of nitrogens with one attached hydrogen (secondary N) is 2. The summed E-state index contributed by atoms with van der Waals surface area (Å²) >= 11 is 1.11. The largest absolute Gasteiger partial charge is 0.480 e. The molecule has 0 spiro atoms. The average Bonchev–Trinajstić information content (AvgIpc) is 3.43. The molecule has 0 radical (unpaired) electrons. The average molecular weight is 492 g/mol. The molecule has 3 N–H and O–H groups in total. The minimum atomic E-state index is -1.02. The minimum Gasteiger partial charge on any atom is -0.480 e. The molecule has 1 heterocycles. The highest BCUT2D eigenvalue weighted by Crippen LogP contribution is 2.44. The Hall–Kier alpha value is -3.72. The molecule has 1 fully saturated rings. The third-order valence-electron chi connectivity index (χ3n) is 6.68. The van der Waals surface area contributed by atoms with E-state index in [2.05, 4.69) is 39.9 Å². The van der Waals surface area contributed by atoms with E-state index in [1.54, 1.807) is 0 Å². The van der Waals surface area contributed by atoms with Gasteiger partial charge in [-0.05, 0) is 41.0 Å². The quantitative estimate of drug-likeness (QED) is 0.435. The smallest absolute Gasteiger partial charge is 0.407 e. The van der Waals surface area contributed by atoms with E-state index in [4.69, 9.17) is 4.74 Å². The SMILES string of the molecule is O=C(NCc1ncc(C(=O)NC(C(=O)O)C2CCC2)s1)OCC1c2ccccc2-c2ccccc21. The van der Waals surface area contributed by atoms with Crippen LogP contribution in [0.3, 0.4) is 0 Å². The molecule has 1 unspecified atom stereocenters. The van der Waals surface area contributed by atoms with Crippen molar-refractivity contribution < 1.29 is 24.2 Å². The van der Waals surface area contributed by atoms with Crippen LogP contribution < -0.4 is 10.6 Å². The molecule has 35 heavy (non-hydrogen) atoms. The van der Waals surface area contributed by atoms with Crippen LogP contribution >= 0.6 is 11.3 Å². The van der Waals surface area contributed by atoms with Gasteiger partial charge in [0.15, 0.2) is 0 Å². The molecule has 1 atom stereocenters. The summed E-state index contributed by atoms with van der Waals surface area (Å²) in [6.07, 6.45) is 3.42. The fraction of sp³-hybridized carbons (Fsp3) is 0.308. The summed E-state index contributed by atoms with van der Waals surface area (Å²) in [5.74, 6) is -1.54. The monoisotopic (exact) mass is 491 g/mol. The number of hydrogen-bond acceptors (Lipinski definition) is 6. The number of fused-ring (bicyclic) bond motifs is 3. The normalized spacial score (nSPS) is 15.4. The number of ether oxygens (including phenoxy) is 1. The summed E-state index contributed by atoms with van der Waals surface area (Å²) in [6, 6.07) is 15.4. The summed E-state index contributed by atoms with van der Waals surface area (Å²) in [7, 11) is 0. The number of carboxylic acid groups (broad SMARTS) is 1. The number of carboxylic acids is 1. The zero-order chi connectivity index (χ0) is 24.4. The molecule has 1 aromatic heterocycles. The van der Waals surface area contributed by atoms with Crippen molar-refractivity contribution >= 4 is 29.3 Å². The van der Waals surface area contributed by atoms with E-state index in [1.165, 1.54) is 6.20 Å². The van der Waals surface area contributed by atoms with Gasteiger partial charge in [-0.25, -0.2) is 14.6 Å². The van der Waals surface area contributed by atoms with Gasteiger partial charge >= 0.3 is 12.1 Å². The molecule has 5 rings (SSSR count). The van der Waals surface area contributed by atoms with E-state index in [-0.39, 0.29) is 25.0 Å². The van der Waals surface area contributed by atoms with E-state index in [0.717, 1.165) is 52.9 Å². The van der Waals surface area contributed by atoms with E-state index in [0.29, 0.717) is 9.88 Å². The summed E-state index contributed by atoms with van der Waals surface area (Å²) in [5.41, 5.74) is 4.60. The topological polar surface area (TPSA) is 118 Å². The second-order valence-electron chi connectivity index (χ2n) is 8.78. The van der Waals surface area contributed by atoms with Gasteiger partial charge in [0.25, 0.3) is 5.91 Å². The summed E-state index contributed by atoms with van der Waals surface area (Å²) in [5, 5.41) is 15.2. The molecule has 8 nitrogen and oxygen atoms in total. The Morgan fingerprint density at radius 1 is 1.06 bits per heavy atom. The van der Waals surface area contributed by atoms with E-state index >= 15 is 0 Å². The second-order valence-corrected chi connectivity index (χ2v) is 9.89. The molecular weight excluding hydrogens is 466 g/mol. The van der Waals surface area contributed by atoms with Crippen molar-refractivity contribution in [3.63, 3.8) is 0 Å². The maximum absolute atomic E-state index is 12.5. The van der Waals surface area contributed by atoms with Gasteiger partial charge in [0, 0.05) is 5.92 Å². The maximum atomic E-state index is 12.5. The van der Waals surface area contributed by atoms with Crippen LogP contribution in [0.2, 0.25) is 0 Å². The number of benzene rings is 2. The van der Waals surface area contributed by atoms with Crippen LogP contribution in [0.25, 0.3) is 11.1 Å². The number of alkyl carbamates (subject to hydrolysis) is 1.